The highest BCUT2D eigenvalue weighted by atomic mass is 15.1. The van der Waals surface area contributed by atoms with E-state index in [4.69, 9.17) is 0 Å². The zero-order valence-electron chi connectivity index (χ0n) is 12.4. The van der Waals surface area contributed by atoms with E-state index in [0.717, 1.165) is 12.2 Å². The Hall–Kier alpha value is -2.55. The van der Waals surface area contributed by atoms with Crippen LogP contribution in [0.4, 0.5) is 11.4 Å². The summed E-state index contributed by atoms with van der Waals surface area (Å²) in [5.74, 6) is 0. The highest BCUT2D eigenvalue weighted by molar-refractivity contribution is 5.85. The van der Waals surface area contributed by atoms with E-state index in [9.17, 15) is 0 Å². The summed E-state index contributed by atoms with van der Waals surface area (Å²) in [7, 11) is 4.11. The first-order chi connectivity index (χ1) is 10.3. The smallest absolute Gasteiger partial charge is 0.0596 e. The number of fused-ring (bicyclic) bond motifs is 1. The van der Waals surface area contributed by atoms with Gasteiger partial charge in [-0.05, 0) is 23.1 Å². The lowest BCUT2D eigenvalue weighted by Gasteiger charge is -2.18. The third-order valence-corrected chi connectivity index (χ3v) is 3.61. The maximum Gasteiger partial charge on any atom is 0.0596 e. The van der Waals surface area contributed by atoms with Crippen molar-refractivity contribution in [2.45, 2.75) is 6.54 Å². The predicted molar refractivity (Wildman–Crippen MR) is 89.8 cm³/mol. The third-order valence-electron chi connectivity index (χ3n) is 3.61. The molecule has 3 aromatic rings. The molecule has 0 saturated carbocycles. The average molecular weight is 277 g/mol. The van der Waals surface area contributed by atoms with Crippen molar-refractivity contribution in [1.29, 1.82) is 0 Å². The minimum Gasteiger partial charge on any atom is -0.379 e. The lowest BCUT2D eigenvalue weighted by atomic mass is 10.1. The molecule has 106 valence electrons. The highest BCUT2D eigenvalue weighted by Crippen LogP contribution is 2.25. The van der Waals surface area contributed by atoms with E-state index in [-0.39, 0.29) is 0 Å². The summed E-state index contributed by atoms with van der Waals surface area (Å²) in [5.41, 5.74) is 3.53. The molecule has 0 saturated heterocycles. The Kier molecular flexibility index (Phi) is 3.73. The summed E-state index contributed by atoms with van der Waals surface area (Å²) in [4.78, 5) is 6.45. The second-order valence-electron chi connectivity index (χ2n) is 5.28. The fraction of sp³-hybridized carbons (Fsp3) is 0.167. The van der Waals surface area contributed by atoms with Gasteiger partial charge in [0.2, 0.25) is 0 Å². The fourth-order valence-electron chi connectivity index (χ4n) is 2.52. The first kappa shape index (κ1) is 13.4. The van der Waals surface area contributed by atoms with E-state index >= 15 is 0 Å². The van der Waals surface area contributed by atoms with Crippen LogP contribution in [0.1, 0.15) is 5.56 Å². The van der Waals surface area contributed by atoms with Gasteiger partial charge in [-0.3, -0.25) is 4.98 Å². The number of nitrogens with one attached hydrogen (secondary N) is 1. The molecule has 3 rings (SSSR count). The highest BCUT2D eigenvalue weighted by Gasteiger charge is 2.05. The molecule has 1 heterocycles. The Morgan fingerprint density at radius 1 is 0.952 bits per heavy atom. The normalized spacial score (nSPS) is 10.6. The molecule has 1 aromatic heterocycles. The fourth-order valence-corrected chi connectivity index (χ4v) is 2.52. The van der Waals surface area contributed by atoms with E-state index in [1.54, 1.807) is 0 Å². The van der Waals surface area contributed by atoms with Crippen molar-refractivity contribution in [3.63, 3.8) is 0 Å². The molecule has 0 atom stereocenters. The monoisotopic (exact) mass is 277 g/mol. The summed E-state index contributed by atoms with van der Waals surface area (Å²) in [6.45, 7) is 0.763. The van der Waals surface area contributed by atoms with Gasteiger partial charge in [0.25, 0.3) is 0 Å². The number of rotatable bonds is 4. The predicted octanol–water partition coefficient (Wildman–Crippen LogP) is 3.91. The van der Waals surface area contributed by atoms with Crippen LogP contribution in [-0.4, -0.2) is 19.1 Å². The Morgan fingerprint density at radius 3 is 2.57 bits per heavy atom. The van der Waals surface area contributed by atoms with E-state index in [2.05, 4.69) is 71.8 Å². The van der Waals surface area contributed by atoms with Crippen LogP contribution in [0.2, 0.25) is 0 Å². The van der Waals surface area contributed by atoms with Crippen molar-refractivity contribution < 1.29 is 0 Å². The van der Waals surface area contributed by atoms with Crippen molar-refractivity contribution in [2.24, 2.45) is 0 Å². The van der Waals surface area contributed by atoms with E-state index in [1.807, 2.05) is 18.5 Å². The van der Waals surface area contributed by atoms with Crippen LogP contribution in [0.3, 0.4) is 0 Å². The van der Waals surface area contributed by atoms with Crippen molar-refractivity contribution in [3.05, 3.63) is 66.5 Å². The minimum atomic E-state index is 0.763. The second kappa shape index (κ2) is 5.83. The van der Waals surface area contributed by atoms with Gasteiger partial charge >= 0.3 is 0 Å². The largest absolute Gasteiger partial charge is 0.379 e. The molecule has 0 bridgehead atoms. The number of aromatic nitrogens is 1. The summed E-state index contributed by atoms with van der Waals surface area (Å²) in [6, 6.07) is 16.7. The lowest BCUT2D eigenvalue weighted by Crippen LogP contribution is -2.12. The van der Waals surface area contributed by atoms with Gasteiger partial charge in [-0.15, -0.1) is 0 Å². The molecule has 0 aliphatic carbocycles. The van der Waals surface area contributed by atoms with Crippen LogP contribution in [0, 0.1) is 0 Å². The molecule has 0 radical (unpaired) electrons. The van der Waals surface area contributed by atoms with Crippen molar-refractivity contribution in [1.82, 2.24) is 4.98 Å². The summed E-state index contributed by atoms with van der Waals surface area (Å²) >= 11 is 0. The quantitative estimate of drug-likeness (QED) is 0.783. The maximum atomic E-state index is 4.33. The minimum absolute atomic E-state index is 0.763. The number of hydrogen-bond acceptors (Lipinski definition) is 3. The van der Waals surface area contributed by atoms with Crippen LogP contribution in [0.15, 0.2) is 60.9 Å². The molecule has 0 unspecified atom stereocenters. The first-order valence-electron chi connectivity index (χ1n) is 7.07. The Balaban J connectivity index is 1.87. The van der Waals surface area contributed by atoms with Gasteiger partial charge in [-0.1, -0.05) is 36.4 Å². The number of benzene rings is 2. The Morgan fingerprint density at radius 2 is 1.71 bits per heavy atom. The van der Waals surface area contributed by atoms with Gasteiger partial charge in [0.05, 0.1) is 11.4 Å². The molecule has 0 aliphatic rings. The molecule has 1 N–H and O–H groups in total. The van der Waals surface area contributed by atoms with Gasteiger partial charge in [-0.2, -0.15) is 0 Å². The van der Waals surface area contributed by atoms with Crippen molar-refractivity contribution in [2.75, 3.05) is 24.3 Å². The molecule has 2 aromatic carbocycles. The van der Waals surface area contributed by atoms with E-state index < -0.39 is 0 Å². The van der Waals surface area contributed by atoms with Crippen LogP contribution in [-0.2, 0) is 6.54 Å². The third kappa shape index (κ3) is 2.82. The molecule has 0 spiro atoms. The maximum absolute atomic E-state index is 4.33. The summed E-state index contributed by atoms with van der Waals surface area (Å²) in [6.07, 6.45) is 3.85. The number of pyridine rings is 1. The van der Waals surface area contributed by atoms with Crippen molar-refractivity contribution >= 4 is 22.1 Å². The Bertz CT molecular complexity index is 745. The van der Waals surface area contributed by atoms with Gasteiger partial charge in [0.1, 0.15) is 0 Å². The molecule has 21 heavy (non-hydrogen) atoms. The molecule has 3 heteroatoms. The molecule has 3 nitrogen and oxygen atoms in total. The number of para-hydroxylation sites is 2. The van der Waals surface area contributed by atoms with Crippen LogP contribution >= 0.6 is 0 Å². The number of anilines is 2. The van der Waals surface area contributed by atoms with Gasteiger partial charge in [-0.25, -0.2) is 0 Å². The van der Waals surface area contributed by atoms with Gasteiger partial charge in [0.15, 0.2) is 0 Å². The Labute approximate surface area is 125 Å². The SMILES string of the molecule is CN(C)c1ccccc1NCc1cncc2ccccc12. The number of nitrogens with zero attached hydrogens (tertiary/aromatic N) is 2. The standard InChI is InChI=1S/C18H19N3/c1-21(2)18-10-6-5-9-17(18)20-13-15-12-19-11-14-7-3-4-8-16(14)15/h3-12,20H,13H2,1-2H3. The van der Waals surface area contributed by atoms with Crippen LogP contribution < -0.4 is 10.2 Å². The average Bonchev–Trinajstić information content (AvgIpc) is 2.53. The molecule has 0 amide bonds. The molecule has 0 fully saturated rings. The van der Waals surface area contributed by atoms with Crippen molar-refractivity contribution in [3.8, 4) is 0 Å². The molecule has 0 aliphatic heterocycles. The van der Waals surface area contributed by atoms with Gasteiger partial charge in [0, 0.05) is 38.4 Å². The second-order valence-corrected chi connectivity index (χ2v) is 5.28. The van der Waals surface area contributed by atoms with Gasteiger partial charge < -0.3 is 10.2 Å². The lowest BCUT2D eigenvalue weighted by molar-refractivity contribution is 1.10. The zero-order valence-corrected chi connectivity index (χ0v) is 12.4. The van der Waals surface area contributed by atoms with E-state index in [0.29, 0.717) is 0 Å². The molecular weight excluding hydrogens is 258 g/mol. The zero-order chi connectivity index (χ0) is 14.7. The van der Waals surface area contributed by atoms with E-state index in [1.165, 1.54) is 22.0 Å². The topological polar surface area (TPSA) is 28.2 Å². The van der Waals surface area contributed by atoms with Crippen LogP contribution in [0.25, 0.3) is 10.8 Å². The summed E-state index contributed by atoms with van der Waals surface area (Å²) < 4.78 is 0. The number of hydrogen-bond donors (Lipinski definition) is 1. The molecular formula is C18H19N3. The first-order valence-corrected chi connectivity index (χ1v) is 7.07. The summed E-state index contributed by atoms with van der Waals surface area (Å²) in [5, 5.41) is 5.95. The van der Waals surface area contributed by atoms with Crippen LogP contribution in [0.5, 0.6) is 0 Å².